The zero-order chi connectivity index (χ0) is 15.9. The van der Waals surface area contributed by atoms with Gasteiger partial charge in [0.2, 0.25) is 0 Å². The molecule has 0 saturated carbocycles. The van der Waals surface area contributed by atoms with Gasteiger partial charge in [0.05, 0.1) is 5.52 Å². The van der Waals surface area contributed by atoms with Gasteiger partial charge in [-0.05, 0) is 71.9 Å². The van der Waals surface area contributed by atoms with Crippen LogP contribution in [0.5, 0.6) is 0 Å². The molecule has 0 radical (unpaired) electrons. The van der Waals surface area contributed by atoms with Gasteiger partial charge in [-0.3, -0.25) is 0 Å². The fourth-order valence-electron chi connectivity index (χ4n) is 2.85. The number of benzene rings is 1. The zero-order valence-corrected chi connectivity index (χ0v) is 14.9. The molecule has 0 aliphatic carbocycles. The van der Waals surface area contributed by atoms with E-state index in [-0.39, 0.29) is 0 Å². The van der Waals surface area contributed by atoms with Crippen LogP contribution in [-0.4, -0.2) is 9.97 Å². The molecule has 0 fully saturated rings. The van der Waals surface area contributed by atoms with E-state index in [9.17, 15) is 0 Å². The van der Waals surface area contributed by atoms with Crippen LogP contribution in [0.2, 0.25) is 0 Å². The van der Waals surface area contributed by atoms with E-state index in [2.05, 4.69) is 83.2 Å². The van der Waals surface area contributed by atoms with Gasteiger partial charge in [-0.2, -0.15) is 0 Å². The second-order valence-corrected chi connectivity index (χ2v) is 6.63. The first-order chi connectivity index (χ1) is 10.5. The third kappa shape index (κ3) is 2.63. The molecule has 114 valence electrons. The maximum absolute atomic E-state index is 4.60. The summed E-state index contributed by atoms with van der Waals surface area (Å²) >= 11 is 3.52. The molecule has 2 N–H and O–H groups in total. The lowest BCUT2D eigenvalue weighted by molar-refractivity contribution is 1.07. The van der Waals surface area contributed by atoms with E-state index in [0.29, 0.717) is 0 Å². The summed E-state index contributed by atoms with van der Waals surface area (Å²) in [5.74, 6) is 0.892. The molecule has 0 amide bonds. The number of aromatic nitrogens is 2. The monoisotopic (exact) mass is 357 g/mol. The number of fused-ring (bicyclic) bond motifs is 1. The van der Waals surface area contributed by atoms with Crippen LogP contribution in [0, 0.1) is 27.7 Å². The number of aromatic amines is 1. The minimum atomic E-state index is 0.772. The van der Waals surface area contributed by atoms with Crippen LogP contribution in [0.4, 0.5) is 5.82 Å². The average Bonchev–Trinajstić information content (AvgIpc) is 2.74. The summed E-state index contributed by atoms with van der Waals surface area (Å²) in [6.45, 7) is 9.30. The first-order valence-electron chi connectivity index (χ1n) is 7.41. The van der Waals surface area contributed by atoms with Crippen molar-refractivity contribution in [1.29, 1.82) is 0 Å². The Bertz CT molecular complexity index is 829. The number of rotatable bonds is 3. The fraction of sp³-hybridized carbons (Fsp3) is 0.278. The maximum atomic E-state index is 4.60. The summed E-state index contributed by atoms with van der Waals surface area (Å²) in [5.41, 5.74) is 7.47. The average molecular weight is 358 g/mol. The van der Waals surface area contributed by atoms with Gasteiger partial charge in [-0.25, -0.2) is 4.98 Å². The predicted octanol–water partition coefficient (Wildman–Crippen LogP) is 5.17. The molecule has 3 aromatic rings. The third-order valence-electron chi connectivity index (χ3n) is 4.34. The van der Waals surface area contributed by atoms with Crippen molar-refractivity contribution in [3.8, 4) is 0 Å². The standard InChI is InChI=1S/C18H20BrN3/c1-10-6-5-7-11(2)15(10)9-20-18-17-14(8-16(19)22-18)12(3)13(4)21-17/h5-8,21H,9H2,1-4H3,(H,20,22). The first-order valence-corrected chi connectivity index (χ1v) is 8.21. The Morgan fingerprint density at radius 3 is 2.50 bits per heavy atom. The normalized spacial score (nSPS) is 11.1. The smallest absolute Gasteiger partial charge is 0.151 e. The van der Waals surface area contributed by atoms with Crippen LogP contribution in [0.25, 0.3) is 10.9 Å². The van der Waals surface area contributed by atoms with E-state index in [1.165, 1.54) is 33.3 Å². The minimum Gasteiger partial charge on any atom is -0.364 e. The van der Waals surface area contributed by atoms with Gasteiger partial charge in [0.25, 0.3) is 0 Å². The molecule has 0 saturated heterocycles. The fourth-order valence-corrected chi connectivity index (χ4v) is 3.25. The van der Waals surface area contributed by atoms with Crippen molar-refractivity contribution in [1.82, 2.24) is 9.97 Å². The minimum absolute atomic E-state index is 0.772. The summed E-state index contributed by atoms with van der Waals surface area (Å²) in [6, 6.07) is 8.47. The van der Waals surface area contributed by atoms with Crippen LogP contribution in [0.1, 0.15) is 27.9 Å². The Balaban J connectivity index is 1.99. The summed E-state index contributed by atoms with van der Waals surface area (Å²) in [6.07, 6.45) is 0. The van der Waals surface area contributed by atoms with Gasteiger partial charge in [-0.15, -0.1) is 0 Å². The van der Waals surface area contributed by atoms with Crippen LogP contribution < -0.4 is 5.32 Å². The van der Waals surface area contributed by atoms with Gasteiger partial charge in [0.1, 0.15) is 4.60 Å². The third-order valence-corrected chi connectivity index (χ3v) is 4.75. The molecule has 1 aromatic carbocycles. The van der Waals surface area contributed by atoms with Crippen molar-refractivity contribution in [2.75, 3.05) is 5.32 Å². The lowest BCUT2D eigenvalue weighted by Gasteiger charge is -2.12. The molecule has 0 aliphatic rings. The number of pyridine rings is 1. The molecule has 0 atom stereocenters. The van der Waals surface area contributed by atoms with Gasteiger partial charge in [-0.1, -0.05) is 18.2 Å². The molecule has 22 heavy (non-hydrogen) atoms. The molecule has 2 aromatic heterocycles. The number of nitrogens with one attached hydrogen (secondary N) is 2. The zero-order valence-electron chi connectivity index (χ0n) is 13.3. The Hall–Kier alpha value is -1.81. The maximum Gasteiger partial charge on any atom is 0.151 e. The SMILES string of the molecule is Cc1cccc(C)c1CNc1nc(Br)cc2c(C)c(C)[nH]c12. The van der Waals surface area contributed by atoms with Gasteiger partial charge < -0.3 is 10.3 Å². The Labute approximate surface area is 139 Å². The van der Waals surface area contributed by atoms with Gasteiger partial charge in [0, 0.05) is 17.6 Å². The van der Waals surface area contributed by atoms with Crippen molar-refractivity contribution < 1.29 is 0 Å². The Morgan fingerprint density at radius 1 is 1.14 bits per heavy atom. The highest BCUT2D eigenvalue weighted by Crippen LogP contribution is 2.29. The van der Waals surface area contributed by atoms with E-state index in [1.807, 2.05) is 0 Å². The Morgan fingerprint density at radius 2 is 1.82 bits per heavy atom. The highest BCUT2D eigenvalue weighted by molar-refractivity contribution is 9.10. The van der Waals surface area contributed by atoms with Crippen LogP contribution in [0.3, 0.4) is 0 Å². The van der Waals surface area contributed by atoms with E-state index < -0.39 is 0 Å². The van der Waals surface area contributed by atoms with Crippen molar-refractivity contribution in [2.24, 2.45) is 0 Å². The molecular formula is C18H20BrN3. The van der Waals surface area contributed by atoms with Gasteiger partial charge >= 0.3 is 0 Å². The van der Waals surface area contributed by atoms with Crippen LogP contribution >= 0.6 is 15.9 Å². The number of H-pyrrole nitrogens is 1. The highest BCUT2D eigenvalue weighted by Gasteiger charge is 2.12. The number of nitrogens with zero attached hydrogens (tertiary/aromatic N) is 1. The van der Waals surface area contributed by atoms with E-state index in [0.717, 1.165) is 22.5 Å². The summed E-state index contributed by atoms with van der Waals surface area (Å²) in [4.78, 5) is 8.05. The number of hydrogen-bond donors (Lipinski definition) is 2. The largest absolute Gasteiger partial charge is 0.364 e. The number of anilines is 1. The lowest BCUT2D eigenvalue weighted by Crippen LogP contribution is -2.05. The first kappa shape index (κ1) is 15.1. The molecule has 4 heteroatoms. The quantitative estimate of drug-likeness (QED) is 0.634. The second-order valence-electron chi connectivity index (χ2n) is 5.82. The summed E-state index contributed by atoms with van der Waals surface area (Å²) in [7, 11) is 0. The van der Waals surface area contributed by atoms with Crippen molar-refractivity contribution >= 4 is 32.7 Å². The van der Waals surface area contributed by atoms with Crippen LogP contribution in [0.15, 0.2) is 28.9 Å². The predicted molar refractivity (Wildman–Crippen MR) is 96.5 cm³/mol. The van der Waals surface area contributed by atoms with E-state index in [1.54, 1.807) is 0 Å². The molecule has 3 rings (SSSR count). The van der Waals surface area contributed by atoms with E-state index >= 15 is 0 Å². The lowest BCUT2D eigenvalue weighted by atomic mass is 10.0. The topological polar surface area (TPSA) is 40.7 Å². The van der Waals surface area contributed by atoms with E-state index in [4.69, 9.17) is 0 Å². The second kappa shape index (κ2) is 5.76. The number of aryl methyl sites for hydroxylation is 4. The molecule has 0 aliphatic heterocycles. The molecular weight excluding hydrogens is 338 g/mol. The number of halogens is 1. The molecule has 0 spiro atoms. The highest BCUT2D eigenvalue weighted by atomic mass is 79.9. The molecule has 0 bridgehead atoms. The molecule has 2 heterocycles. The van der Waals surface area contributed by atoms with Gasteiger partial charge in [0.15, 0.2) is 5.82 Å². The summed E-state index contributed by atoms with van der Waals surface area (Å²) < 4.78 is 0.853. The van der Waals surface area contributed by atoms with Crippen LogP contribution in [-0.2, 0) is 6.54 Å². The molecule has 3 nitrogen and oxygen atoms in total. The van der Waals surface area contributed by atoms with Crippen molar-refractivity contribution in [2.45, 2.75) is 34.2 Å². The van der Waals surface area contributed by atoms with Crippen molar-refractivity contribution in [3.63, 3.8) is 0 Å². The Kier molecular flexibility index (Phi) is 3.96. The van der Waals surface area contributed by atoms with Crippen molar-refractivity contribution in [3.05, 3.63) is 56.8 Å². The summed E-state index contributed by atoms with van der Waals surface area (Å²) in [5, 5.41) is 4.71. The molecule has 0 unspecified atom stereocenters. The number of hydrogen-bond acceptors (Lipinski definition) is 2.